The third-order valence-corrected chi connectivity index (χ3v) is 4.60. The molecule has 0 fully saturated rings. The summed E-state index contributed by atoms with van der Waals surface area (Å²) in [7, 11) is 0. The van der Waals surface area contributed by atoms with Crippen LogP contribution in [0.4, 0.5) is 0 Å². The summed E-state index contributed by atoms with van der Waals surface area (Å²) < 4.78 is 0. The lowest BCUT2D eigenvalue weighted by molar-refractivity contribution is 0.581. The summed E-state index contributed by atoms with van der Waals surface area (Å²) in [6.07, 6.45) is 3.35. The van der Waals surface area contributed by atoms with Gasteiger partial charge in [-0.2, -0.15) is 0 Å². The average Bonchev–Trinajstić information content (AvgIpc) is 2.68. The lowest BCUT2D eigenvalue weighted by Crippen LogP contribution is -2.28. The lowest BCUT2D eigenvalue weighted by atomic mass is 9.96. The molecule has 0 radical (unpaired) electrons. The van der Waals surface area contributed by atoms with Gasteiger partial charge in [0.2, 0.25) is 0 Å². The highest BCUT2D eigenvalue weighted by Crippen LogP contribution is 2.23. The molecule has 0 spiro atoms. The highest BCUT2D eigenvalue weighted by Gasteiger charge is 2.06. The fourth-order valence-electron chi connectivity index (χ4n) is 3.16. The molecule has 0 heterocycles. The highest BCUT2D eigenvalue weighted by molar-refractivity contribution is 5.79. The van der Waals surface area contributed by atoms with E-state index in [-0.39, 0.29) is 0 Å². The summed E-state index contributed by atoms with van der Waals surface area (Å²) in [4.78, 5) is 0. The fourth-order valence-corrected chi connectivity index (χ4v) is 3.16. The van der Waals surface area contributed by atoms with E-state index in [9.17, 15) is 0 Å². The van der Waals surface area contributed by atoms with E-state index in [1.54, 1.807) is 0 Å². The number of benzene rings is 3. The maximum Gasteiger partial charge on any atom is 0.0146 e. The minimum absolute atomic E-state index is 0.434. The van der Waals surface area contributed by atoms with Crippen LogP contribution in [0.2, 0.25) is 0 Å². The van der Waals surface area contributed by atoms with Crippen LogP contribution in [0.1, 0.15) is 29.2 Å². The number of hydrogen-bond donors (Lipinski definition) is 1. The molecule has 1 unspecified atom stereocenters. The Kier molecular flexibility index (Phi) is 6.40. The molecule has 1 atom stereocenters. The van der Waals surface area contributed by atoms with E-state index >= 15 is 0 Å². The van der Waals surface area contributed by atoms with Gasteiger partial charge in [-0.05, 0) is 42.5 Å². The van der Waals surface area contributed by atoms with Gasteiger partial charge in [-0.25, -0.2) is 0 Å². The molecule has 1 heteroatoms. The Labute approximate surface area is 157 Å². The van der Waals surface area contributed by atoms with Crippen molar-refractivity contribution in [3.05, 3.63) is 113 Å². The van der Waals surface area contributed by atoms with E-state index < -0.39 is 0 Å². The molecule has 0 amide bonds. The first-order valence-corrected chi connectivity index (χ1v) is 9.32. The molecular weight excluding hydrogens is 314 g/mol. The minimum atomic E-state index is 0.434. The lowest BCUT2D eigenvalue weighted by Gasteiger charge is -2.14. The van der Waals surface area contributed by atoms with E-state index in [4.69, 9.17) is 0 Å². The summed E-state index contributed by atoms with van der Waals surface area (Å²) in [5, 5.41) is 3.64. The highest BCUT2D eigenvalue weighted by atomic mass is 14.9. The molecule has 0 bridgehead atoms. The Balaban J connectivity index is 1.71. The van der Waals surface area contributed by atoms with Crippen LogP contribution < -0.4 is 5.32 Å². The molecule has 1 nitrogen and oxygen atoms in total. The quantitative estimate of drug-likeness (QED) is 0.586. The van der Waals surface area contributed by atoms with Crippen molar-refractivity contribution >= 4 is 5.57 Å². The first-order valence-electron chi connectivity index (χ1n) is 9.32. The molecule has 1 N–H and O–H groups in total. The van der Waals surface area contributed by atoms with Crippen molar-refractivity contribution in [1.82, 2.24) is 5.32 Å². The van der Waals surface area contributed by atoms with Gasteiger partial charge in [-0.3, -0.25) is 0 Å². The number of rotatable bonds is 7. The van der Waals surface area contributed by atoms with Crippen molar-refractivity contribution in [2.75, 3.05) is 6.54 Å². The zero-order valence-corrected chi connectivity index (χ0v) is 15.7. The summed E-state index contributed by atoms with van der Waals surface area (Å²) in [6.45, 7) is 5.23. The van der Waals surface area contributed by atoms with Gasteiger partial charge in [0.15, 0.2) is 0 Å². The summed E-state index contributed by atoms with van der Waals surface area (Å²) in [6, 6.07) is 30.5. The van der Waals surface area contributed by atoms with E-state index in [0.29, 0.717) is 6.04 Å². The zero-order valence-electron chi connectivity index (χ0n) is 15.7. The van der Waals surface area contributed by atoms with Crippen LogP contribution in [0, 0.1) is 6.92 Å². The van der Waals surface area contributed by atoms with Gasteiger partial charge in [0.05, 0.1) is 0 Å². The Hall–Kier alpha value is -2.64. The Morgan fingerprint density at radius 1 is 0.808 bits per heavy atom. The van der Waals surface area contributed by atoms with Gasteiger partial charge >= 0.3 is 0 Å². The predicted molar refractivity (Wildman–Crippen MR) is 112 cm³/mol. The number of nitrogens with one attached hydrogen (secondary N) is 1. The Bertz CT molecular complexity index is 817. The second kappa shape index (κ2) is 9.17. The van der Waals surface area contributed by atoms with Crippen LogP contribution in [0.5, 0.6) is 0 Å². The van der Waals surface area contributed by atoms with Crippen molar-refractivity contribution in [2.45, 2.75) is 26.3 Å². The van der Waals surface area contributed by atoms with Crippen LogP contribution in [-0.4, -0.2) is 12.6 Å². The van der Waals surface area contributed by atoms with Gasteiger partial charge in [0.1, 0.15) is 0 Å². The van der Waals surface area contributed by atoms with Crippen LogP contribution in [0.15, 0.2) is 91.0 Å². The van der Waals surface area contributed by atoms with E-state index in [1.807, 2.05) is 0 Å². The number of hydrogen-bond acceptors (Lipinski definition) is 1. The molecule has 26 heavy (non-hydrogen) atoms. The fraction of sp³-hybridized carbons (Fsp3) is 0.200. The molecule has 0 saturated carbocycles. The average molecular weight is 341 g/mol. The Morgan fingerprint density at radius 2 is 1.38 bits per heavy atom. The standard InChI is InChI=1S/C25H27N/c1-20-13-15-24(16-14-20)25(23-11-7-4-8-12-23)17-18-26-21(2)19-22-9-5-3-6-10-22/h3-17,21,26H,18-19H2,1-2H3/b25-17+. The SMILES string of the molecule is Cc1ccc(/C(=C/CNC(C)Cc2ccccc2)c2ccccc2)cc1. The third-order valence-electron chi connectivity index (χ3n) is 4.60. The second-order valence-corrected chi connectivity index (χ2v) is 6.85. The smallest absolute Gasteiger partial charge is 0.0146 e. The maximum atomic E-state index is 3.64. The normalized spacial score (nSPS) is 12.8. The van der Waals surface area contributed by atoms with Crippen molar-refractivity contribution in [2.24, 2.45) is 0 Å². The maximum absolute atomic E-state index is 3.64. The molecular formula is C25H27N. The van der Waals surface area contributed by atoms with Crippen LogP contribution in [0.3, 0.4) is 0 Å². The van der Waals surface area contributed by atoms with Gasteiger partial charge in [-0.1, -0.05) is 96.6 Å². The Morgan fingerprint density at radius 3 is 2.04 bits per heavy atom. The summed E-state index contributed by atoms with van der Waals surface area (Å²) >= 11 is 0. The predicted octanol–water partition coefficient (Wildman–Crippen LogP) is 5.65. The molecule has 3 aromatic rings. The van der Waals surface area contributed by atoms with Crippen LogP contribution >= 0.6 is 0 Å². The van der Waals surface area contributed by atoms with E-state index in [1.165, 1.54) is 27.8 Å². The van der Waals surface area contributed by atoms with E-state index in [0.717, 1.165) is 13.0 Å². The van der Waals surface area contributed by atoms with E-state index in [2.05, 4.69) is 110 Å². The van der Waals surface area contributed by atoms with Crippen molar-refractivity contribution in [1.29, 1.82) is 0 Å². The van der Waals surface area contributed by atoms with Crippen molar-refractivity contribution in [3.63, 3.8) is 0 Å². The van der Waals surface area contributed by atoms with Gasteiger partial charge in [-0.15, -0.1) is 0 Å². The third kappa shape index (κ3) is 5.18. The monoisotopic (exact) mass is 341 g/mol. The molecule has 0 saturated heterocycles. The van der Waals surface area contributed by atoms with Gasteiger partial charge in [0, 0.05) is 12.6 Å². The van der Waals surface area contributed by atoms with Gasteiger partial charge < -0.3 is 5.32 Å². The molecule has 0 aliphatic carbocycles. The topological polar surface area (TPSA) is 12.0 Å². The van der Waals surface area contributed by atoms with Gasteiger partial charge in [0.25, 0.3) is 0 Å². The molecule has 0 aliphatic heterocycles. The zero-order chi connectivity index (χ0) is 18.2. The van der Waals surface area contributed by atoms with Crippen LogP contribution in [0.25, 0.3) is 5.57 Å². The van der Waals surface area contributed by atoms with Crippen LogP contribution in [-0.2, 0) is 6.42 Å². The minimum Gasteiger partial charge on any atom is -0.310 e. The summed E-state index contributed by atoms with van der Waals surface area (Å²) in [5.41, 5.74) is 6.47. The first kappa shape index (κ1) is 18.2. The largest absolute Gasteiger partial charge is 0.310 e. The summed E-state index contributed by atoms with van der Waals surface area (Å²) in [5.74, 6) is 0. The number of aryl methyl sites for hydroxylation is 1. The molecule has 0 aliphatic rings. The molecule has 132 valence electrons. The molecule has 0 aromatic heterocycles. The van der Waals surface area contributed by atoms with Crippen molar-refractivity contribution in [3.8, 4) is 0 Å². The first-order chi connectivity index (χ1) is 12.7. The molecule has 3 rings (SSSR count). The van der Waals surface area contributed by atoms with Crippen molar-refractivity contribution < 1.29 is 0 Å². The second-order valence-electron chi connectivity index (χ2n) is 6.85. The molecule has 3 aromatic carbocycles.